The Balaban J connectivity index is 1.98. The molecule has 1 amide bonds. The fraction of sp³-hybridized carbons (Fsp3) is 0.529. The molecule has 2 rings (SSSR count). The van der Waals surface area contributed by atoms with E-state index in [2.05, 4.69) is 10.1 Å². The number of hydrogen-bond donors (Lipinski definition) is 1. The second kappa shape index (κ2) is 7.53. The second-order valence-electron chi connectivity index (χ2n) is 6.60. The first-order valence-corrected chi connectivity index (χ1v) is 9.58. The molecule has 0 spiro atoms. The van der Waals surface area contributed by atoms with Crippen LogP contribution in [0.25, 0.3) is 0 Å². The van der Waals surface area contributed by atoms with Gasteiger partial charge in [0.05, 0.1) is 12.0 Å². The van der Waals surface area contributed by atoms with Crippen molar-refractivity contribution in [3.63, 3.8) is 0 Å². The second-order valence-corrected chi connectivity index (χ2v) is 8.54. The molecule has 0 aromatic heterocycles. The van der Waals surface area contributed by atoms with Gasteiger partial charge >= 0.3 is 5.97 Å². The Bertz CT molecular complexity index is 723. The molecule has 0 unspecified atom stereocenters. The van der Waals surface area contributed by atoms with Crippen molar-refractivity contribution in [1.29, 1.82) is 0 Å². The summed E-state index contributed by atoms with van der Waals surface area (Å²) in [6.07, 6.45) is 0.824. The third kappa shape index (κ3) is 4.38. The number of piperidine rings is 1. The van der Waals surface area contributed by atoms with Gasteiger partial charge in [0, 0.05) is 19.0 Å². The molecule has 7 nitrogen and oxygen atoms in total. The number of rotatable bonds is 5. The average molecular weight is 368 g/mol. The summed E-state index contributed by atoms with van der Waals surface area (Å²) < 4.78 is 31.2. The maximum absolute atomic E-state index is 12.6. The van der Waals surface area contributed by atoms with E-state index in [-0.39, 0.29) is 29.8 Å². The van der Waals surface area contributed by atoms with Crippen molar-refractivity contribution in [2.45, 2.75) is 37.1 Å². The molecule has 1 heterocycles. The van der Waals surface area contributed by atoms with Crippen molar-refractivity contribution in [3.05, 3.63) is 30.3 Å². The van der Waals surface area contributed by atoms with E-state index in [0.717, 1.165) is 0 Å². The first-order chi connectivity index (χ1) is 11.7. The number of sulfonamides is 1. The topological polar surface area (TPSA) is 92.8 Å². The smallest absolute Gasteiger partial charge is 0.330 e. The van der Waals surface area contributed by atoms with Gasteiger partial charge in [-0.05, 0) is 38.8 Å². The van der Waals surface area contributed by atoms with Crippen LogP contribution in [0, 0.1) is 5.92 Å². The number of amides is 1. The van der Waals surface area contributed by atoms with E-state index in [1.54, 1.807) is 44.2 Å². The monoisotopic (exact) mass is 368 g/mol. The molecule has 0 bridgehead atoms. The van der Waals surface area contributed by atoms with Crippen molar-refractivity contribution in [2.75, 3.05) is 20.2 Å². The van der Waals surface area contributed by atoms with E-state index < -0.39 is 21.5 Å². The zero-order valence-electron chi connectivity index (χ0n) is 14.7. The van der Waals surface area contributed by atoms with Crippen molar-refractivity contribution < 1.29 is 22.7 Å². The van der Waals surface area contributed by atoms with Crippen LogP contribution in [0.1, 0.15) is 26.7 Å². The maximum atomic E-state index is 12.6. The van der Waals surface area contributed by atoms with E-state index in [4.69, 9.17) is 0 Å². The molecular weight excluding hydrogens is 344 g/mol. The number of methoxy groups -OCH3 is 1. The lowest BCUT2D eigenvalue weighted by atomic mass is 9.95. The molecule has 1 saturated heterocycles. The summed E-state index contributed by atoms with van der Waals surface area (Å²) in [6, 6.07) is 8.25. The molecular formula is C17H24N2O5S. The normalized spacial score (nSPS) is 17.1. The van der Waals surface area contributed by atoms with Crippen LogP contribution in [0.3, 0.4) is 0 Å². The van der Waals surface area contributed by atoms with Crippen LogP contribution in [-0.4, -0.2) is 50.3 Å². The number of nitrogens with zero attached hydrogens (tertiary/aromatic N) is 1. The zero-order chi connectivity index (χ0) is 18.7. The fourth-order valence-corrected chi connectivity index (χ4v) is 4.31. The van der Waals surface area contributed by atoms with Crippen LogP contribution in [-0.2, 0) is 24.3 Å². The van der Waals surface area contributed by atoms with Crippen LogP contribution >= 0.6 is 0 Å². The van der Waals surface area contributed by atoms with Crippen LogP contribution in [0.15, 0.2) is 35.2 Å². The minimum atomic E-state index is -3.54. The molecule has 8 heteroatoms. The quantitative estimate of drug-likeness (QED) is 0.787. The number of esters is 1. The third-order valence-electron chi connectivity index (χ3n) is 4.34. The number of carbonyl (C=O) groups excluding carboxylic acids is 2. The maximum Gasteiger partial charge on any atom is 0.330 e. The standard InChI is InChI=1S/C17H24N2O5S/c1-17(2,16(21)24-3)18-15(20)13-9-11-19(12-10-13)25(22,23)14-7-5-4-6-8-14/h4-8,13H,9-12H2,1-3H3,(H,18,20). The van der Waals surface area contributed by atoms with Crippen molar-refractivity contribution >= 4 is 21.9 Å². The van der Waals surface area contributed by atoms with E-state index in [9.17, 15) is 18.0 Å². The molecule has 0 saturated carbocycles. The van der Waals surface area contributed by atoms with Gasteiger partial charge in [-0.15, -0.1) is 0 Å². The number of nitrogens with one attached hydrogen (secondary N) is 1. The highest BCUT2D eigenvalue weighted by Crippen LogP contribution is 2.24. The summed E-state index contributed by atoms with van der Waals surface area (Å²) in [7, 11) is -2.27. The summed E-state index contributed by atoms with van der Waals surface area (Å²) >= 11 is 0. The lowest BCUT2D eigenvalue weighted by Crippen LogP contribution is -2.53. The average Bonchev–Trinajstić information content (AvgIpc) is 2.61. The van der Waals surface area contributed by atoms with Gasteiger partial charge in [0.15, 0.2) is 0 Å². The van der Waals surface area contributed by atoms with Crippen LogP contribution in [0.2, 0.25) is 0 Å². The van der Waals surface area contributed by atoms with E-state index >= 15 is 0 Å². The summed E-state index contributed by atoms with van der Waals surface area (Å²) in [4.78, 5) is 24.3. The molecule has 1 aliphatic heterocycles. The van der Waals surface area contributed by atoms with Crippen LogP contribution < -0.4 is 5.32 Å². The molecule has 1 N–H and O–H groups in total. The Morgan fingerprint density at radius 3 is 2.24 bits per heavy atom. The number of ether oxygens (including phenoxy) is 1. The van der Waals surface area contributed by atoms with E-state index in [1.165, 1.54) is 11.4 Å². The lowest BCUT2D eigenvalue weighted by Gasteiger charge is -2.32. The molecule has 138 valence electrons. The Morgan fingerprint density at radius 2 is 1.72 bits per heavy atom. The number of hydrogen-bond acceptors (Lipinski definition) is 5. The van der Waals surface area contributed by atoms with Gasteiger partial charge in [-0.1, -0.05) is 18.2 Å². The highest BCUT2D eigenvalue weighted by atomic mass is 32.2. The Hall–Kier alpha value is -1.93. The first kappa shape index (κ1) is 19.4. The predicted molar refractivity (Wildman–Crippen MR) is 92.2 cm³/mol. The van der Waals surface area contributed by atoms with Crippen LogP contribution in [0.4, 0.5) is 0 Å². The van der Waals surface area contributed by atoms with E-state index in [0.29, 0.717) is 12.8 Å². The molecule has 25 heavy (non-hydrogen) atoms. The van der Waals surface area contributed by atoms with Gasteiger partial charge < -0.3 is 10.1 Å². The molecule has 1 aromatic carbocycles. The SMILES string of the molecule is COC(=O)C(C)(C)NC(=O)C1CCN(S(=O)(=O)c2ccccc2)CC1. The largest absolute Gasteiger partial charge is 0.467 e. The van der Waals surface area contributed by atoms with Gasteiger partial charge in [0.25, 0.3) is 0 Å². The minimum absolute atomic E-state index is 0.254. The zero-order valence-corrected chi connectivity index (χ0v) is 15.5. The van der Waals surface area contributed by atoms with Gasteiger partial charge in [-0.2, -0.15) is 4.31 Å². The molecule has 1 aliphatic rings. The van der Waals surface area contributed by atoms with Crippen molar-refractivity contribution in [1.82, 2.24) is 9.62 Å². The third-order valence-corrected chi connectivity index (χ3v) is 6.25. The summed E-state index contributed by atoms with van der Waals surface area (Å²) in [5.74, 6) is -1.11. The van der Waals surface area contributed by atoms with Gasteiger partial charge in [-0.25, -0.2) is 13.2 Å². The lowest BCUT2D eigenvalue weighted by molar-refractivity contribution is -0.150. The van der Waals surface area contributed by atoms with E-state index in [1.807, 2.05) is 0 Å². The summed E-state index contributed by atoms with van der Waals surface area (Å²) in [5, 5.41) is 2.68. The minimum Gasteiger partial charge on any atom is -0.467 e. The number of benzene rings is 1. The first-order valence-electron chi connectivity index (χ1n) is 8.14. The highest BCUT2D eigenvalue weighted by molar-refractivity contribution is 7.89. The fourth-order valence-electron chi connectivity index (χ4n) is 2.82. The molecule has 0 radical (unpaired) electrons. The summed E-state index contributed by atoms with van der Waals surface area (Å²) in [5.41, 5.74) is -1.11. The molecule has 0 atom stereocenters. The van der Waals surface area contributed by atoms with Gasteiger partial charge in [-0.3, -0.25) is 4.79 Å². The predicted octanol–water partition coefficient (Wildman–Crippen LogP) is 1.16. The molecule has 1 fully saturated rings. The Labute approximate surface area is 148 Å². The highest BCUT2D eigenvalue weighted by Gasteiger charge is 2.36. The van der Waals surface area contributed by atoms with Gasteiger partial charge in [0.1, 0.15) is 5.54 Å². The Kier molecular flexibility index (Phi) is 5.84. The molecule has 0 aliphatic carbocycles. The van der Waals surface area contributed by atoms with Crippen molar-refractivity contribution in [2.24, 2.45) is 5.92 Å². The van der Waals surface area contributed by atoms with Crippen LogP contribution in [0.5, 0.6) is 0 Å². The van der Waals surface area contributed by atoms with Gasteiger partial charge in [0.2, 0.25) is 15.9 Å². The molecule has 1 aromatic rings. The Morgan fingerprint density at radius 1 is 1.16 bits per heavy atom. The summed E-state index contributed by atoms with van der Waals surface area (Å²) in [6.45, 7) is 3.69. The van der Waals surface area contributed by atoms with Crippen molar-refractivity contribution in [3.8, 4) is 0 Å². The number of carbonyl (C=O) groups is 2.